The van der Waals surface area contributed by atoms with Crippen LogP contribution in [0.3, 0.4) is 0 Å². The summed E-state index contributed by atoms with van der Waals surface area (Å²) in [5, 5.41) is 8.25. The van der Waals surface area contributed by atoms with Crippen molar-refractivity contribution in [1.82, 2.24) is 0 Å². The van der Waals surface area contributed by atoms with Crippen molar-refractivity contribution in [2.75, 3.05) is 0 Å². The van der Waals surface area contributed by atoms with Gasteiger partial charge in [0, 0.05) is 5.54 Å². The first-order valence-corrected chi connectivity index (χ1v) is 6.58. The van der Waals surface area contributed by atoms with Gasteiger partial charge in [0.05, 0.1) is 5.41 Å². The fraction of sp³-hybridized carbons (Fsp3) is 0.562. The van der Waals surface area contributed by atoms with Crippen LogP contribution in [0.25, 0.3) is 0 Å². The van der Waals surface area contributed by atoms with Crippen LogP contribution < -0.4 is 5.73 Å². The Bertz CT molecular complexity index is 372. The van der Waals surface area contributed by atoms with Crippen molar-refractivity contribution in [3.05, 3.63) is 35.9 Å². The van der Waals surface area contributed by atoms with Crippen LogP contribution in [-0.4, -0.2) is 16.6 Å². The van der Waals surface area contributed by atoms with E-state index in [0.29, 0.717) is 0 Å². The fourth-order valence-corrected chi connectivity index (χ4v) is 1.11. The normalized spacial score (nSPS) is 11.5. The average molecular weight is 265 g/mol. The Hall–Kier alpha value is -1.35. The molecular formula is C16H27NO2. The molecule has 0 fully saturated rings. The predicted molar refractivity (Wildman–Crippen MR) is 80.1 cm³/mol. The molecule has 0 unspecified atom stereocenters. The Morgan fingerprint density at radius 2 is 1.53 bits per heavy atom. The summed E-state index contributed by atoms with van der Waals surface area (Å²) >= 11 is 0. The van der Waals surface area contributed by atoms with E-state index in [4.69, 9.17) is 10.8 Å². The van der Waals surface area contributed by atoms with Crippen LogP contribution in [0.2, 0.25) is 0 Å². The van der Waals surface area contributed by atoms with Crippen LogP contribution in [-0.2, 0) is 11.2 Å². The Labute approximate surface area is 116 Å². The smallest absolute Gasteiger partial charge is 0.308 e. The molecule has 0 amide bonds. The van der Waals surface area contributed by atoms with Gasteiger partial charge < -0.3 is 10.8 Å². The van der Waals surface area contributed by atoms with Gasteiger partial charge in [0.25, 0.3) is 0 Å². The molecule has 0 radical (unpaired) electrons. The molecule has 0 aliphatic heterocycles. The van der Waals surface area contributed by atoms with Gasteiger partial charge in [0.2, 0.25) is 0 Å². The van der Waals surface area contributed by atoms with Gasteiger partial charge in [-0.2, -0.15) is 0 Å². The van der Waals surface area contributed by atoms with Gasteiger partial charge in [0.1, 0.15) is 0 Å². The highest BCUT2D eigenvalue weighted by molar-refractivity contribution is 5.72. The molecule has 3 nitrogen and oxygen atoms in total. The SMILES string of the molecule is CC(C)(C)C(=O)O.CC(C)(N)CCc1ccccc1. The minimum atomic E-state index is -0.757. The largest absolute Gasteiger partial charge is 0.481 e. The number of benzene rings is 1. The lowest BCUT2D eigenvalue weighted by Gasteiger charge is -2.17. The van der Waals surface area contributed by atoms with Gasteiger partial charge in [-0.25, -0.2) is 0 Å². The highest BCUT2D eigenvalue weighted by atomic mass is 16.4. The molecular weight excluding hydrogens is 238 g/mol. The molecule has 0 saturated heterocycles. The van der Waals surface area contributed by atoms with E-state index in [2.05, 4.69) is 38.1 Å². The molecule has 0 aromatic heterocycles. The number of carboxylic acid groups (broad SMARTS) is 1. The molecule has 3 N–H and O–H groups in total. The molecule has 19 heavy (non-hydrogen) atoms. The summed E-state index contributed by atoms with van der Waals surface area (Å²) in [7, 11) is 0. The highest BCUT2D eigenvalue weighted by Crippen LogP contribution is 2.11. The van der Waals surface area contributed by atoms with E-state index < -0.39 is 11.4 Å². The van der Waals surface area contributed by atoms with Crippen molar-refractivity contribution in [2.24, 2.45) is 11.1 Å². The number of carbonyl (C=O) groups is 1. The standard InChI is InChI=1S/C11H17N.C5H10O2/c1-11(2,12)9-8-10-6-4-3-5-7-10;1-5(2,3)4(6)7/h3-7H,8-9,12H2,1-2H3;1-3H3,(H,6,7). The van der Waals surface area contributed by atoms with Crippen molar-refractivity contribution in [3.8, 4) is 0 Å². The second kappa shape index (κ2) is 7.29. The van der Waals surface area contributed by atoms with Crippen LogP contribution >= 0.6 is 0 Å². The van der Waals surface area contributed by atoms with Crippen LogP contribution in [0.1, 0.15) is 46.6 Å². The Morgan fingerprint density at radius 3 is 1.84 bits per heavy atom. The number of hydrogen-bond acceptors (Lipinski definition) is 2. The molecule has 108 valence electrons. The maximum absolute atomic E-state index is 10.0. The van der Waals surface area contributed by atoms with Crippen molar-refractivity contribution >= 4 is 5.97 Å². The lowest BCUT2D eigenvalue weighted by molar-refractivity contribution is -0.145. The van der Waals surface area contributed by atoms with E-state index in [1.807, 2.05) is 6.07 Å². The first kappa shape index (κ1) is 17.6. The molecule has 1 aromatic carbocycles. The first-order chi connectivity index (χ1) is 8.52. The van der Waals surface area contributed by atoms with E-state index >= 15 is 0 Å². The highest BCUT2D eigenvalue weighted by Gasteiger charge is 2.18. The Morgan fingerprint density at radius 1 is 1.11 bits per heavy atom. The number of nitrogens with two attached hydrogens (primary N) is 1. The number of aryl methyl sites for hydroxylation is 1. The molecule has 3 heteroatoms. The molecule has 0 atom stereocenters. The minimum absolute atomic E-state index is 0.0458. The summed E-state index contributed by atoms with van der Waals surface area (Å²) in [5.41, 5.74) is 6.63. The molecule has 0 saturated carbocycles. The molecule has 0 aliphatic carbocycles. The zero-order valence-electron chi connectivity index (χ0n) is 12.7. The lowest BCUT2D eigenvalue weighted by atomic mass is 9.97. The second-order valence-electron chi connectivity index (χ2n) is 6.53. The maximum Gasteiger partial charge on any atom is 0.308 e. The van der Waals surface area contributed by atoms with Crippen LogP contribution in [0.4, 0.5) is 0 Å². The summed E-state index contributed by atoms with van der Waals surface area (Å²) in [4.78, 5) is 10.0. The van der Waals surface area contributed by atoms with Crippen LogP contribution in [0.5, 0.6) is 0 Å². The van der Waals surface area contributed by atoms with Crippen LogP contribution in [0, 0.1) is 5.41 Å². The molecule has 1 rings (SSSR count). The third kappa shape index (κ3) is 10.3. The predicted octanol–water partition coefficient (Wildman–Crippen LogP) is 3.47. The zero-order valence-corrected chi connectivity index (χ0v) is 12.7. The number of carboxylic acids is 1. The number of hydrogen-bond donors (Lipinski definition) is 2. The summed E-state index contributed by atoms with van der Waals surface area (Å²) in [6, 6.07) is 10.5. The summed E-state index contributed by atoms with van der Waals surface area (Å²) < 4.78 is 0. The van der Waals surface area contributed by atoms with Crippen LogP contribution in [0.15, 0.2) is 30.3 Å². The summed E-state index contributed by atoms with van der Waals surface area (Å²) in [6.45, 7) is 9.12. The summed E-state index contributed by atoms with van der Waals surface area (Å²) in [6.07, 6.45) is 2.11. The van der Waals surface area contributed by atoms with E-state index in [-0.39, 0.29) is 5.54 Å². The zero-order chi connectivity index (χ0) is 15.1. The van der Waals surface area contributed by atoms with Crippen molar-refractivity contribution in [3.63, 3.8) is 0 Å². The van der Waals surface area contributed by atoms with Gasteiger partial charge in [-0.1, -0.05) is 30.3 Å². The van der Waals surface area contributed by atoms with Crippen molar-refractivity contribution in [2.45, 2.75) is 53.0 Å². The average Bonchev–Trinajstić information content (AvgIpc) is 2.26. The summed E-state index contributed by atoms with van der Waals surface area (Å²) in [5.74, 6) is -0.757. The van der Waals surface area contributed by atoms with E-state index in [9.17, 15) is 4.79 Å². The Balaban J connectivity index is 0.000000399. The Kier molecular flexibility index (Phi) is 6.77. The van der Waals surface area contributed by atoms with Crippen molar-refractivity contribution in [1.29, 1.82) is 0 Å². The number of aliphatic carboxylic acids is 1. The maximum atomic E-state index is 10.0. The number of rotatable bonds is 3. The van der Waals surface area contributed by atoms with Gasteiger partial charge in [0.15, 0.2) is 0 Å². The van der Waals surface area contributed by atoms with Gasteiger partial charge >= 0.3 is 5.97 Å². The quantitative estimate of drug-likeness (QED) is 0.879. The molecule has 0 bridgehead atoms. The van der Waals surface area contributed by atoms with Gasteiger partial charge in [-0.3, -0.25) is 4.79 Å². The molecule has 0 aliphatic rings. The third-order valence-electron chi connectivity index (χ3n) is 2.54. The van der Waals surface area contributed by atoms with Gasteiger partial charge in [-0.15, -0.1) is 0 Å². The fourth-order valence-electron chi connectivity index (χ4n) is 1.11. The van der Waals surface area contributed by atoms with E-state index in [1.54, 1.807) is 20.8 Å². The first-order valence-electron chi connectivity index (χ1n) is 6.58. The van der Waals surface area contributed by atoms with E-state index in [1.165, 1.54) is 5.56 Å². The molecule has 0 spiro atoms. The topological polar surface area (TPSA) is 63.3 Å². The second-order valence-corrected chi connectivity index (χ2v) is 6.53. The monoisotopic (exact) mass is 265 g/mol. The molecule has 0 heterocycles. The third-order valence-corrected chi connectivity index (χ3v) is 2.54. The molecule has 1 aromatic rings. The minimum Gasteiger partial charge on any atom is -0.481 e. The van der Waals surface area contributed by atoms with Gasteiger partial charge in [-0.05, 0) is 53.0 Å². The van der Waals surface area contributed by atoms with Crippen molar-refractivity contribution < 1.29 is 9.90 Å². The van der Waals surface area contributed by atoms with E-state index in [0.717, 1.165) is 12.8 Å². The lowest BCUT2D eigenvalue weighted by Crippen LogP contribution is -2.32.